The molecule has 1 heterocycles. The average molecular weight is 211 g/mol. The van der Waals surface area contributed by atoms with E-state index < -0.39 is 5.54 Å². The molecule has 1 aromatic rings. The first-order valence-corrected chi connectivity index (χ1v) is 4.76. The van der Waals surface area contributed by atoms with Crippen molar-refractivity contribution in [2.75, 3.05) is 12.3 Å². The number of hydrogen-bond acceptors (Lipinski definition) is 5. The predicted molar refractivity (Wildman–Crippen MR) is 51.9 cm³/mol. The standard InChI is InChI=1S/C8H13N5O2/c9-7-10-5(12-13-7)6(15)11-8(4-14)2-1-3-8/h14H,1-4H2,(H,11,15)(H3,9,10,12,13). The molecule has 5 N–H and O–H groups in total. The van der Waals surface area contributed by atoms with Gasteiger partial charge in [0.25, 0.3) is 5.91 Å². The molecule has 0 radical (unpaired) electrons. The SMILES string of the molecule is Nc1n[nH]c(C(=O)NC2(CO)CCC2)n1. The monoisotopic (exact) mass is 211 g/mol. The Hall–Kier alpha value is -1.63. The van der Waals surface area contributed by atoms with Gasteiger partial charge in [-0.2, -0.15) is 4.98 Å². The van der Waals surface area contributed by atoms with Crippen LogP contribution in [0.3, 0.4) is 0 Å². The molecule has 7 heteroatoms. The molecule has 1 aliphatic carbocycles. The second-order valence-corrected chi connectivity index (χ2v) is 3.79. The van der Waals surface area contributed by atoms with Crippen LogP contribution >= 0.6 is 0 Å². The molecule has 0 spiro atoms. The molecule has 1 fully saturated rings. The Morgan fingerprint density at radius 3 is 2.80 bits per heavy atom. The maximum Gasteiger partial charge on any atom is 0.289 e. The molecule has 1 saturated carbocycles. The first kappa shape index (κ1) is 9.91. The van der Waals surface area contributed by atoms with Crippen molar-refractivity contribution in [3.8, 4) is 0 Å². The van der Waals surface area contributed by atoms with Crippen LogP contribution in [-0.4, -0.2) is 38.3 Å². The molecule has 0 bridgehead atoms. The fourth-order valence-electron chi connectivity index (χ4n) is 1.60. The van der Waals surface area contributed by atoms with E-state index in [1.807, 2.05) is 0 Å². The van der Waals surface area contributed by atoms with Gasteiger partial charge in [-0.1, -0.05) is 0 Å². The van der Waals surface area contributed by atoms with Gasteiger partial charge in [-0.3, -0.25) is 9.89 Å². The predicted octanol–water partition coefficient (Wildman–Crippen LogP) is -0.968. The van der Waals surface area contributed by atoms with Gasteiger partial charge in [0, 0.05) is 0 Å². The van der Waals surface area contributed by atoms with E-state index in [-0.39, 0.29) is 24.3 Å². The fourth-order valence-corrected chi connectivity index (χ4v) is 1.60. The number of aromatic nitrogens is 3. The van der Waals surface area contributed by atoms with Gasteiger partial charge in [-0.05, 0) is 19.3 Å². The molecule has 0 aliphatic heterocycles. The van der Waals surface area contributed by atoms with Gasteiger partial charge in [-0.25, -0.2) is 0 Å². The van der Waals surface area contributed by atoms with E-state index in [1.165, 1.54) is 0 Å². The van der Waals surface area contributed by atoms with Crippen molar-refractivity contribution in [1.29, 1.82) is 0 Å². The van der Waals surface area contributed by atoms with E-state index in [0.29, 0.717) is 0 Å². The maximum absolute atomic E-state index is 11.6. The zero-order chi connectivity index (χ0) is 10.9. The van der Waals surface area contributed by atoms with Crippen molar-refractivity contribution in [3.05, 3.63) is 5.82 Å². The highest BCUT2D eigenvalue weighted by atomic mass is 16.3. The molecule has 1 amide bonds. The number of aliphatic hydroxyl groups excluding tert-OH is 1. The van der Waals surface area contributed by atoms with Crippen LogP contribution in [0.2, 0.25) is 0 Å². The fraction of sp³-hybridized carbons (Fsp3) is 0.625. The van der Waals surface area contributed by atoms with E-state index in [1.54, 1.807) is 0 Å². The summed E-state index contributed by atoms with van der Waals surface area (Å²) in [6.45, 7) is -0.0532. The largest absolute Gasteiger partial charge is 0.394 e. The Bertz CT molecular complexity index is 365. The smallest absolute Gasteiger partial charge is 0.289 e. The van der Waals surface area contributed by atoms with Gasteiger partial charge in [0.15, 0.2) is 0 Å². The third kappa shape index (κ3) is 1.78. The summed E-state index contributed by atoms with van der Waals surface area (Å²) in [6, 6.07) is 0. The summed E-state index contributed by atoms with van der Waals surface area (Å²) < 4.78 is 0. The first-order chi connectivity index (χ1) is 7.15. The van der Waals surface area contributed by atoms with Crippen molar-refractivity contribution >= 4 is 11.9 Å². The molecule has 2 rings (SSSR count). The number of hydrogen-bond donors (Lipinski definition) is 4. The highest BCUT2D eigenvalue weighted by molar-refractivity contribution is 5.91. The summed E-state index contributed by atoms with van der Waals surface area (Å²) in [4.78, 5) is 15.3. The molecule has 82 valence electrons. The van der Waals surface area contributed by atoms with Crippen molar-refractivity contribution in [3.63, 3.8) is 0 Å². The molecule has 1 aromatic heterocycles. The lowest BCUT2D eigenvalue weighted by molar-refractivity contribution is 0.0633. The molecule has 15 heavy (non-hydrogen) atoms. The Morgan fingerprint density at radius 1 is 1.67 bits per heavy atom. The van der Waals surface area contributed by atoms with Gasteiger partial charge in [-0.15, -0.1) is 5.10 Å². The number of nitrogens with zero attached hydrogens (tertiary/aromatic N) is 2. The summed E-state index contributed by atoms with van der Waals surface area (Å²) in [7, 11) is 0. The number of aromatic amines is 1. The second-order valence-electron chi connectivity index (χ2n) is 3.79. The van der Waals surface area contributed by atoms with Crippen molar-refractivity contribution in [1.82, 2.24) is 20.5 Å². The number of aliphatic hydroxyl groups is 1. The summed E-state index contributed by atoms with van der Waals surface area (Å²) in [5.74, 6) is -0.271. The van der Waals surface area contributed by atoms with Crippen LogP contribution in [0.5, 0.6) is 0 Å². The molecular weight excluding hydrogens is 198 g/mol. The number of carbonyl (C=O) groups is 1. The normalized spacial score (nSPS) is 18.2. The molecule has 0 aromatic carbocycles. The quantitative estimate of drug-likeness (QED) is 0.513. The van der Waals surface area contributed by atoms with Crippen LogP contribution < -0.4 is 11.1 Å². The van der Waals surface area contributed by atoms with E-state index in [0.717, 1.165) is 19.3 Å². The van der Waals surface area contributed by atoms with Crippen LogP contribution in [0.15, 0.2) is 0 Å². The molecule has 7 nitrogen and oxygen atoms in total. The van der Waals surface area contributed by atoms with Gasteiger partial charge >= 0.3 is 0 Å². The lowest BCUT2D eigenvalue weighted by Gasteiger charge is -2.40. The zero-order valence-electron chi connectivity index (χ0n) is 8.16. The Morgan fingerprint density at radius 2 is 2.40 bits per heavy atom. The zero-order valence-corrected chi connectivity index (χ0v) is 8.16. The number of carbonyl (C=O) groups excluding carboxylic acids is 1. The third-order valence-electron chi connectivity index (χ3n) is 2.71. The molecule has 0 unspecified atom stereocenters. The van der Waals surface area contributed by atoms with Crippen LogP contribution in [0, 0.1) is 0 Å². The van der Waals surface area contributed by atoms with Crippen molar-refractivity contribution in [2.24, 2.45) is 0 Å². The molecule has 0 atom stereocenters. The van der Waals surface area contributed by atoms with Crippen LogP contribution in [0.4, 0.5) is 5.95 Å². The molecule has 0 saturated heterocycles. The third-order valence-corrected chi connectivity index (χ3v) is 2.71. The topological polar surface area (TPSA) is 117 Å². The summed E-state index contributed by atoms with van der Waals surface area (Å²) in [5.41, 5.74) is 4.80. The van der Waals surface area contributed by atoms with Gasteiger partial charge in [0.05, 0.1) is 12.1 Å². The van der Waals surface area contributed by atoms with E-state index in [9.17, 15) is 4.79 Å². The number of rotatable bonds is 3. The van der Waals surface area contributed by atoms with Gasteiger partial charge < -0.3 is 16.2 Å². The van der Waals surface area contributed by atoms with Crippen molar-refractivity contribution in [2.45, 2.75) is 24.8 Å². The molecule has 1 aliphatic rings. The Kier molecular flexibility index (Phi) is 2.31. The lowest BCUT2D eigenvalue weighted by Crippen LogP contribution is -2.56. The summed E-state index contributed by atoms with van der Waals surface area (Å²) in [5, 5.41) is 17.9. The van der Waals surface area contributed by atoms with E-state index >= 15 is 0 Å². The highest BCUT2D eigenvalue weighted by Gasteiger charge is 2.38. The van der Waals surface area contributed by atoms with E-state index in [2.05, 4.69) is 20.5 Å². The van der Waals surface area contributed by atoms with Crippen molar-refractivity contribution < 1.29 is 9.90 Å². The number of nitrogens with one attached hydrogen (secondary N) is 2. The Labute approximate surface area is 86.1 Å². The molecular formula is C8H13N5O2. The average Bonchev–Trinajstić information content (AvgIpc) is 2.58. The number of anilines is 1. The highest BCUT2D eigenvalue weighted by Crippen LogP contribution is 2.31. The number of H-pyrrole nitrogens is 1. The summed E-state index contributed by atoms with van der Waals surface area (Å²) in [6.07, 6.45) is 2.59. The number of nitrogen functional groups attached to an aromatic ring is 1. The van der Waals surface area contributed by atoms with Crippen LogP contribution in [-0.2, 0) is 0 Å². The van der Waals surface area contributed by atoms with Crippen LogP contribution in [0.1, 0.15) is 29.9 Å². The van der Waals surface area contributed by atoms with E-state index in [4.69, 9.17) is 10.8 Å². The summed E-state index contributed by atoms with van der Waals surface area (Å²) >= 11 is 0. The minimum atomic E-state index is -0.474. The van der Waals surface area contributed by atoms with Crippen LogP contribution in [0.25, 0.3) is 0 Å². The lowest BCUT2D eigenvalue weighted by atomic mass is 9.77. The van der Waals surface area contributed by atoms with Gasteiger partial charge in [0.2, 0.25) is 11.8 Å². The minimum absolute atomic E-state index is 0.0341. The van der Waals surface area contributed by atoms with Gasteiger partial charge in [0.1, 0.15) is 0 Å². The maximum atomic E-state index is 11.6. The number of amides is 1. The minimum Gasteiger partial charge on any atom is -0.394 e. The first-order valence-electron chi connectivity index (χ1n) is 4.76. The number of nitrogens with two attached hydrogens (primary N) is 1. The second kappa shape index (κ2) is 3.50. The Balaban J connectivity index is 2.03.